The summed E-state index contributed by atoms with van der Waals surface area (Å²) in [5.74, 6) is -0.892. The first-order valence-corrected chi connectivity index (χ1v) is 9.12. The fourth-order valence-electron chi connectivity index (χ4n) is 3.72. The zero-order valence-corrected chi connectivity index (χ0v) is 15.2. The van der Waals surface area contributed by atoms with Crippen LogP contribution >= 0.6 is 0 Å². The molecule has 4 rings (SSSR count). The first kappa shape index (κ1) is 17.4. The molecular formula is C21H22N4O2. The van der Waals surface area contributed by atoms with Crippen molar-refractivity contribution in [1.29, 1.82) is 0 Å². The lowest BCUT2D eigenvalue weighted by Crippen LogP contribution is -2.23. The van der Waals surface area contributed by atoms with E-state index >= 15 is 0 Å². The third-order valence-corrected chi connectivity index (χ3v) is 5.14. The van der Waals surface area contributed by atoms with Gasteiger partial charge >= 0.3 is 5.97 Å². The number of aryl methyl sites for hydroxylation is 1. The summed E-state index contributed by atoms with van der Waals surface area (Å²) in [6, 6.07) is 13.6. The standard InChI is InChI=1S/C21H22N4O2/c1-24-14-22-12-20(24)18-5-2-4-17(23-18)19-6-3-11-25(19)13-15-7-9-16(10-8-15)21(26)27/h2,4-5,7-10,12,14,19H,3,6,11,13H2,1H3,(H,26,27)/t19-/m0/s1. The van der Waals surface area contributed by atoms with Gasteiger partial charge in [-0.25, -0.2) is 14.8 Å². The lowest BCUT2D eigenvalue weighted by atomic mass is 10.1. The van der Waals surface area contributed by atoms with Gasteiger partial charge in [0.15, 0.2) is 0 Å². The van der Waals surface area contributed by atoms with Crippen LogP contribution in [0.5, 0.6) is 0 Å². The number of aromatic nitrogens is 3. The van der Waals surface area contributed by atoms with Crippen molar-refractivity contribution < 1.29 is 9.90 Å². The third kappa shape index (κ3) is 3.61. The molecule has 6 nitrogen and oxygen atoms in total. The van der Waals surface area contributed by atoms with E-state index in [1.807, 2.05) is 36.0 Å². The van der Waals surface area contributed by atoms with Crippen molar-refractivity contribution in [3.05, 3.63) is 71.8 Å². The van der Waals surface area contributed by atoms with Crippen molar-refractivity contribution >= 4 is 5.97 Å². The predicted molar refractivity (Wildman–Crippen MR) is 102 cm³/mol. The van der Waals surface area contributed by atoms with Gasteiger partial charge in [0, 0.05) is 13.6 Å². The molecule has 0 amide bonds. The van der Waals surface area contributed by atoms with Crippen molar-refractivity contribution in [2.45, 2.75) is 25.4 Å². The highest BCUT2D eigenvalue weighted by atomic mass is 16.4. The minimum absolute atomic E-state index is 0.275. The average Bonchev–Trinajstić information content (AvgIpc) is 3.31. The molecule has 3 aromatic rings. The molecule has 1 fully saturated rings. The SMILES string of the molecule is Cn1cncc1-c1cccc([C@@H]2CCCN2Cc2ccc(C(=O)O)cc2)n1. The monoisotopic (exact) mass is 362 g/mol. The summed E-state index contributed by atoms with van der Waals surface area (Å²) >= 11 is 0. The largest absolute Gasteiger partial charge is 0.478 e. The van der Waals surface area contributed by atoms with Crippen LogP contribution in [0.1, 0.15) is 40.5 Å². The van der Waals surface area contributed by atoms with E-state index in [1.165, 1.54) is 0 Å². The molecule has 1 atom stereocenters. The molecule has 0 spiro atoms. The van der Waals surface area contributed by atoms with Crippen molar-refractivity contribution in [2.75, 3.05) is 6.54 Å². The van der Waals surface area contributed by atoms with E-state index in [-0.39, 0.29) is 6.04 Å². The molecule has 138 valence electrons. The lowest BCUT2D eigenvalue weighted by molar-refractivity contribution is 0.0697. The fraction of sp³-hybridized carbons (Fsp3) is 0.286. The number of rotatable bonds is 5. The van der Waals surface area contributed by atoms with Crippen LogP contribution in [0.3, 0.4) is 0 Å². The van der Waals surface area contributed by atoms with Crippen LogP contribution in [0.25, 0.3) is 11.4 Å². The number of hydrogen-bond donors (Lipinski definition) is 1. The number of imidazole rings is 1. The van der Waals surface area contributed by atoms with Crippen molar-refractivity contribution in [2.24, 2.45) is 7.05 Å². The maximum atomic E-state index is 11.0. The number of likely N-dealkylation sites (tertiary alicyclic amines) is 1. The topological polar surface area (TPSA) is 71.2 Å². The maximum Gasteiger partial charge on any atom is 0.335 e. The molecule has 0 bridgehead atoms. The first-order valence-electron chi connectivity index (χ1n) is 9.12. The molecule has 0 radical (unpaired) electrons. The highest BCUT2D eigenvalue weighted by molar-refractivity contribution is 5.87. The molecule has 0 aliphatic carbocycles. The first-order chi connectivity index (χ1) is 13.1. The fourth-order valence-corrected chi connectivity index (χ4v) is 3.72. The van der Waals surface area contributed by atoms with Gasteiger partial charge in [-0.15, -0.1) is 0 Å². The molecule has 1 aromatic carbocycles. The summed E-state index contributed by atoms with van der Waals surface area (Å²) in [6.45, 7) is 1.81. The Labute approximate surface area is 158 Å². The molecule has 3 heterocycles. The molecule has 1 aliphatic heterocycles. The quantitative estimate of drug-likeness (QED) is 0.752. The Morgan fingerprint density at radius 2 is 2.04 bits per heavy atom. The summed E-state index contributed by atoms with van der Waals surface area (Å²) in [7, 11) is 1.97. The van der Waals surface area contributed by atoms with Crippen LogP contribution in [0, 0.1) is 0 Å². The predicted octanol–water partition coefficient (Wildman–Crippen LogP) is 3.52. The van der Waals surface area contributed by atoms with Gasteiger partial charge in [0.1, 0.15) is 0 Å². The molecule has 0 unspecified atom stereocenters. The van der Waals surface area contributed by atoms with Crippen LogP contribution in [-0.4, -0.2) is 37.1 Å². The Bertz CT molecular complexity index is 949. The van der Waals surface area contributed by atoms with Crippen molar-refractivity contribution in [3.8, 4) is 11.4 Å². The van der Waals surface area contributed by atoms with Gasteiger partial charge in [0.05, 0.1) is 41.2 Å². The number of pyridine rings is 1. The normalized spacial score (nSPS) is 17.3. The molecule has 2 aromatic heterocycles. The van der Waals surface area contributed by atoms with Crippen LogP contribution < -0.4 is 0 Å². The molecular weight excluding hydrogens is 340 g/mol. The van der Waals surface area contributed by atoms with E-state index < -0.39 is 5.97 Å². The number of aromatic carboxylic acids is 1. The van der Waals surface area contributed by atoms with E-state index in [9.17, 15) is 4.79 Å². The Hall–Kier alpha value is -2.99. The number of carbonyl (C=O) groups is 1. The van der Waals surface area contributed by atoms with Crippen molar-refractivity contribution in [1.82, 2.24) is 19.4 Å². The average molecular weight is 362 g/mol. The van der Waals surface area contributed by atoms with E-state index in [0.29, 0.717) is 5.56 Å². The molecule has 1 saturated heterocycles. The van der Waals surface area contributed by atoms with E-state index in [1.54, 1.807) is 18.5 Å². The second-order valence-electron chi connectivity index (χ2n) is 6.97. The zero-order valence-electron chi connectivity index (χ0n) is 15.2. The number of carboxylic acid groups (broad SMARTS) is 1. The highest BCUT2D eigenvalue weighted by Gasteiger charge is 2.27. The Balaban J connectivity index is 1.55. The van der Waals surface area contributed by atoms with Gasteiger partial charge in [-0.2, -0.15) is 0 Å². The molecule has 6 heteroatoms. The van der Waals surface area contributed by atoms with Crippen LogP contribution in [0.15, 0.2) is 55.0 Å². The second kappa shape index (κ2) is 7.32. The van der Waals surface area contributed by atoms with E-state index in [4.69, 9.17) is 10.1 Å². The van der Waals surface area contributed by atoms with Gasteiger partial charge in [0.2, 0.25) is 0 Å². The zero-order chi connectivity index (χ0) is 18.8. The van der Waals surface area contributed by atoms with Crippen LogP contribution in [0.2, 0.25) is 0 Å². The summed E-state index contributed by atoms with van der Waals surface area (Å²) in [5.41, 5.74) is 4.46. The Morgan fingerprint density at radius 1 is 1.22 bits per heavy atom. The van der Waals surface area contributed by atoms with Crippen LogP contribution in [-0.2, 0) is 13.6 Å². The maximum absolute atomic E-state index is 11.0. The summed E-state index contributed by atoms with van der Waals surface area (Å²) in [6.07, 6.45) is 5.83. The minimum atomic E-state index is -0.892. The van der Waals surface area contributed by atoms with Crippen LogP contribution in [0.4, 0.5) is 0 Å². The van der Waals surface area contributed by atoms with E-state index in [0.717, 1.165) is 48.6 Å². The second-order valence-corrected chi connectivity index (χ2v) is 6.97. The van der Waals surface area contributed by atoms with Gasteiger partial charge in [-0.1, -0.05) is 18.2 Å². The lowest BCUT2D eigenvalue weighted by Gasteiger charge is -2.24. The van der Waals surface area contributed by atoms with E-state index in [2.05, 4.69) is 22.0 Å². The van der Waals surface area contributed by atoms with Gasteiger partial charge in [-0.05, 0) is 49.2 Å². The summed E-state index contributed by atoms with van der Waals surface area (Å²) in [5, 5.41) is 9.05. The minimum Gasteiger partial charge on any atom is -0.478 e. The summed E-state index contributed by atoms with van der Waals surface area (Å²) in [4.78, 5) is 22.5. The highest BCUT2D eigenvalue weighted by Crippen LogP contribution is 2.33. The van der Waals surface area contributed by atoms with Crippen molar-refractivity contribution in [3.63, 3.8) is 0 Å². The molecule has 1 aliphatic rings. The number of benzene rings is 1. The van der Waals surface area contributed by atoms with Gasteiger partial charge in [-0.3, -0.25) is 4.90 Å². The summed E-state index contributed by atoms with van der Waals surface area (Å²) < 4.78 is 1.97. The van der Waals surface area contributed by atoms with Gasteiger partial charge in [0.25, 0.3) is 0 Å². The number of carboxylic acids is 1. The Kier molecular flexibility index (Phi) is 4.73. The Morgan fingerprint density at radius 3 is 2.74 bits per heavy atom. The molecule has 0 saturated carbocycles. The van der Waals surface area contributed by atoms with Gasteiger partial charge < -0.3 is 9.67 Å². The molecule has 27 heavy (non-hydrogen) atoms. The third-order valence-electron chi connectivity index (χ3n) is 5.14. The number of hydrogen-bond acceptors (Lipinski definition) is 4. The molecule has 1 N–H and O–H groups in total. The smallest absolute Gasteiger partial charge is 0.335 e. The number of nitrogens with zero attached hydrogens (tertiary/aromatic N) is 4.